The smallest absolute Gasteiger partial charge is 0.332 e. The van der Waals surface area contributed by atoms with Crippen molar-refractivity contribution < 1.29 is 14.3 Å². The molecule has 0 amide bonds. The third kappa shape index (κ3) is 5.92. The highest BCUT2D eigenvalue weighted by Gasteiger charge is 2.00. The van der Waals surface area contributed by atoms with Crippen molar-refractivity contribution in [3.63, 3.8) is 0 Å². The number of rotatable bonds is 7. The van der Waals surface area contributed by atoms with Crippen LogP contribution in [0.4, 0.5) is 5.69 Å². The van der Waals surface area contributed by atoms with Gasteiger partial charge < -0.3 is 14.8 Å². The summed E-state index contributed by atoms with van der Waals surface area (Å²) in [7, 11) is 0. The topological polar surface area (TPSA) is 47.6 Å². The van der Waals surface area contributed by atoms with Gasteiger partial charge in [0.25, 0.3) is 0 Å². The first kappa shape index (κ1) is 13.5. The van der Waals surface area contributed by atoms with Gasteiger partial charge in [-0.1, -0.05) is 12.1 Å². The fraction of sp³-hybridized carbons (Fsp3) is 0.462. The molecule has 0 unspecified atom stereocenters. The number of esters is 1. The number of carbonyl (C=O) groups excluding carboxylic acids is 1. The van der Waals surface area contributed by atoms with Gasteiger partial charge in [-0.2, -0.15) is 0 Å². The van der Waals surface area contributed by atoms with Crippen LogP contribution in [0, 0.1) is 6.92 Å². The Kier molecular flexibility index (Phi) is 6.10. The summed E-state index contributed by atoms with van der Waals surface area (Å²) in [6, 6.07) is 8.10. The van der Waals surface area contributed by atoms with Crippen LogP contribution in [0.5, 0.6) is 0 Å². The summed E-state index contributed by atoms with van der Waals surface area (Å²) in [5.74, 6) is -0.317. The lowest BCUT2D eigenvalue weighted by Gasteiger charge is -2.07. The molecule has 1 aromatic rings. The SMILES string of the molecule is CCOC(=O)COCCNc1cccc(C)c1. The zero-order chi connectivity index (χ0) is 12.5. The number of hydrogen-bond donors (Lipinski definition) is 1. The number of nitrogens with one attached hydrogen (secondary N) is 1. The van der Waals surface area contributed by atoms with E-state index in [-0.39, 0.29) is 12.6 Å². The van der Waals surface area contributed by atoms with Gasteiger partial charge in [0, 0.05) is 12.2 Å². The van der Waals surface area contributed by atoms with Gasteiger partial charge >= 0.3 is 5.97 Å². The molecule has 0 saturated carbocycles. The number of aryl methyl sites for hydroxylation is 1. The predicted octanol–water partition coefficient (Wildman–Crippen LogP) is 1.99. The van der Waals surface area contributed by atoms with Crippen LogP contribution in [0.1, 0.15) is 12.5 Å². The molecule has 0 aliphatic carbocycles. The van der Waals surface area contributed by atoms with Crippen molar-refractivity contribution in [1.82, 2.24) is 0 Å². The molecular weight excluding hydrogens is 218 g/mol. The van der Waals surface area contributed by atoms with Crippen molar-refractivity contribution in [3.05, 3.63) is 29.8 Å². The number of hydrogen-bond acceptors (Lipinski definition) is 4. The Hall–Kier alpha value is -1.55. The summed E-state index contributed by atoms with van der Waals surface area (Å²) in [5.41, 5.74) is 2.27. The molecule has 0 atom stereocenters. The highest BCUT2D eigenvalue weighted by molar-refractivity contribution is 5.70. The molecule has 0 aliphatic heterocycles. The van der Waals surface area contributed by atoms with Crippen LogP contribution in [-0.4, -0.2) is 32.3 Å². The van der Waals surface area contributed by atoms with Gasteiger partial charge in [-0.15, -0.1) is 0 Å². The van der Waals surface area contributed by atoms with E-state index < -0.39 is 0 Å². The Balaban J connectivity index is 2.10. The molecule has 0 fully saturated rings. The minimum absolute atomic E-state index is 0.0172. The Morgan fingerprint density at radius 3 is 2.94 bits per heavy atom. The monoisotopic (exact) mass is 237 g/mol. The van der Waals surface area contributed by atoms with Crippen LogP contribution in [0.25, 0.3) is 0 Å². The number of benzene rings is 1. The van der Waals surface area contributed by atoms with Gasteiger partial charge in [-0.05, 0) is 31.5 Å². The molecule has 0 heterocycles. The van der Waals surface area contributed by atoms with Crippen molar-refractivity contribution in [2.45, 2.75) is 13.8 Å². The summed E-state index contributed by atoms with van der Waals surface area (Å²) in [5, 5.41) is 3.21. The van der Waals surface area contributed by atoms with Gasteiger partial charge in [-0.25, -0.2) is 4.79 Å². The van der Waals surface area contributed by atoms with Gasteiger partial charge in [0.2, 0.25) is 0 Å². The van der Waals surface area contributed by atoms with E-state index in [0.717, 1.165) is 5.69 Å². The number of carbonyl (C=O) groups is 1. The second-order valence-electron chi connectivity index (χ2n) is 3.65. The first-order valence-electron chi connectivity index (χ1n) is 5.76. The lowest BCUT2D eigenvalue weighted by molar-refractivity contribution is -0.148. The lowest BCUT2D eigenvalue weighted by atomic mass is 10.2. The van der Waals surface area contributed by atoms with Crippen LogP contribution in [0.15, 0.2) is 24.3 Å². The summed E-state index contributed by atoms with van der Waals surface area (Å²) in [6.07, 6.45) is 0. The molecule has 0 radical (unpaired) electrons. The normalized spacial score (nSPS) is 10.0. The minimum atomic E-state index is -0.317. The van der Waals surface area contributed by atoms with Gasteiger partial charge in [-0.3, -0.25) is 0 Å². The maximum Gasteiger partial charge on any atom is 0.332 e. The second kappa shape index (κ2) is 7.68. The molecule has 4 heteroatoms. The highest BCUT2D eigenvalue weighted by atomic mass is 16.6. The van der Waals surface area contributed by atoms with Crippen LogP contribution in [0.3, 0.4) is 0 Å². The standard InChI is InChI=1S/C13H19NO3/c1-3-17-13(15)10-16-8-7-14-12-6-4-5-11(2)9-12/h4-6,9,14H,3,7-8,10H2,1-2H3. The first-order chi connectivity index (χ1) is 8.22. The quantitative estimate of drug-likeness (QED) is 0.582. The zero-order valence-corrected chi connectivity index (χ0v) is 10.4. The van der Waals surface area contributed by atoms with E-state index in [9.17, 15) is 4.79 Å². The van der Waals surface area contributed by atoms with Crippen molar-refractivity contribution >= 4 is 11.7 Å². The molecule has 4 nitrogen and oxygen atoms in total. The lowest BCUT2D eigenvalue weighted by Crippen LogP contribution is -2.16. The Morgan fingerprint density at radius 2 is 2.24 bits per heavy atom. The minimum Gasteiger partial charge on any atom is -0.464 e. The Morgan fingerprint density at radius 1 is 1.41 bits per heavy atom. The zero-order valence-electron chi connectivity index (χ0n) is 10.4. The van der Waals surface area contributed by atoms with Gasteiger partial charge in [0.05, 0.1) is 13.2 Å². The molecule has 1 N–H and O–H groups in total. The van der Waals surface area contributed by atoms with E-state index in [2.05, 4.69) is 11.4 Å². The van der Waals surface area contributed by atoms with Crippen LogP contribution < -0.4 is 5.32 Å². The third-order valence-corrected chi connectivity index (χ3v) is 2.12. The summed E-state index contributed by atoms with van der Waals surface area (Å²) < 4.78 is 9.90. The third-order valence-electron chi connectivity index (χ3n) is 2.12. The van der Waals surface area contributed by atoms with Crippen molar-refractivity contribution in [2.75, 3.05) is 31.7 Å². The Labute approximate surface area is 102 Å². The summed E-state index contributed by atoms with van der Waals surface area (Å²) >= 11 is 0. The van der Waals surface area contributed by atoms with Crippen LogP contribution in [0.2, 0.25) is 0 Å². The molecule has 0 aromatic heterocycles. The maximum atomic E-state index is 11.0. The fourth-order valence-corrected chi connectivity index (χ4v) is 1.38. The molecule has 0 saturated heterocycles. The number of anilines is 1. The van der Waals surface area contributed by atoms with Crippen LogP contribution >= 0.6 is 0 Å². The highest BCUT2D eigenvalue weighted by Crippen LogP contribution is 2.08. The largest absolute Gasteiger partial charge is 0.464 e. The Bertz CT molecular complexity index is 352. The molecule has 1 rings (SSSR count). The fourth-order valence-electron chi connectivity index (χ4n) is 1.38. The maximum absolute atomic E-state index is 11.0. The molecule has 0 aliphatic rings. The first-order valence-corrected chi connectivity index (χ1v) is 5.76. The molecule has 17 heavy (non-hydrogen) atoms. The van der Waals surface area contributed by atoms with Gasteiger partial charge in [0.15, 0.2) is 0 Å². The molecular formula is C13H19NO3. The van der Waals surface area contributed by atoms with E-state index in [1.165, 1.54) is 5.56 Å². The predicted molar refractivity (Wildman–Crippen MR) is 67.1 cm³/mol. The second-order valence-corrected chi connectivity index (χ2v) is 3.65. The van der Waals surface area contributed by atoms with E-state index in [0.29, 0.717) is 19.8 Å². The van der Waals surface area contributed by atoms with Crippen molar-refractivity contribution in [1.29, 1.82) is 0 Å². The van der Waals surface area contributed by atoms with Gasteiger partial charge in [0.1, 0.15) is 6.61 Å². The molecule has 1 aromatic carbocycles. The molecule has 94 valence electrons. The van der Waals surface area contributed by atoms with E-state index in [1.807, 2.05) is 25.1 Å². The number of ether oxygens (including phenoxy) is 2. The van der Waals surface area contributed by atoms with E-state index >= 15 is 0 Å². The molecule has 0 spiro atoms. The van der Waals surface area contributed by atoms with Crippen LogP contribution in [-0.2, 0) is 14.3 Å². The summed E-state index contributed by atoms with van der Waals surface area (Å²) in [4.78, 5) is 11.0. The summed E-state index contributed by atoms with van der Waals surface area (Å²) in [6.45, 7) is 5.38. The van der Waals surface area contributed by atoms with Crippen molar-refractivity contribution in [3.8, 4) is 0 Å². The molecule has 0 bridgehead atoms. The van der Waals surface area contributed by atoms with E-state index in [1.54, 1.807) is 6.92 Å². The average Bonchev–Trinajstić information content (AvgIpc) is 2.29. The average molecular weight is 237 g/mol. The van der Waals surface area contributed by atoms with E-state index in [4.69, 9.17) is 9.47 Å². The van der Waals surface area contributed by atoms with Crippen molar-refractivity contribution in [2.24, 2.45) is 0 Å².